The highest BCUT2D eigenvalue weighted by atomic mass is 32.3. The summed E-state index contributed by atoms with van der Waals surface area (Å²) in [7, 11) is -2.86. The Morgan fingerprint density at radius 3 is 2.87 bits per heavy atom. The lowest BCUT2D eigenvalue weighted by Gasteiger charge is -2.41. The molecule has 31 heavy (non-hydrogen) atoms. The second kappa shape index (κ2) is 6.85. The maximum atomic E-state index is 12.6. The summed E-state index contributed by atoms with van der Waals surface area (Å²) in [6, 6.07) is 9.44. The monoisotopic (exact) mass is 439 g/mol. The average molecular weight is 440 g/mol. The van der Waals surface area contributed by atoms with Crippen molar-refractivity contribution in [2.24, 2.45) is 5.92 Å². The first-order chi connectivity index (χ1) is 14.7. The first kappa shape index (κ1) is 20.1. The van der Waals surface area contributed by atoms with E-state index in [0.29, 0.717) is 40.4 Å². The van der Waals surface area contributed by atoms with Gasteiger partial charge in [0.1, 0.15) is 5.39 Å². The van der Waals surface area contributed by atoms with Crippen LogP contribution in [0.1, 0.15) is 44.7 Å². The van der Waals surface area contributed by atoms with Crippen molar-refractivity contribution in [1.82, 2.24) is 14.8 Å². The molecule has 5 rings (SSSR count). The molecule has 9 heteroatoms. The molecule has 1 aliphatic heterocycles. The lowest BCUT2D eigenvalue weighted by Crippen LogP contribution is -2.24. The molecular weight excluding hydrogens is 414 g/mol. The van der Waals surface area contributed by atoms with Crippen molar-refractivity contribution in [2.45, 2.75) is 55.2 Å². The van der Waals surface area contributed by atoms with Gasteiger partial charge in [0.25, 0.3) is 5.56 Å². The second-order valence-electron chi connectivity index (χ2n) is 9.06. The lowest BCUT2D eigenvalue weighted by molar-refractivity contribution is 0.426. The maximum Gasteiger partial charge on any atom is 0.261 e. The van der Waals surface area contributed by atoms with Gasteiger partial charge in [-0.2, -0.15) is 21.0 Å². The van der Waals surface area contributed by atoms with E-state index in [0.717, 1.165) is 24.1 Å². The zero-order valence-corrected chi connectivity index (χ0v) is 18.2. The molecule has 1 aromatic carbocycles. The smallest absolute Gasteiger partial charge is 0.261 e. The third-order valence-electron chi connectivity index (χ3n) is 6.43. The van der Waals surface area contributed by atoms with E-state index < -0.39 is 15.3 Å². The molecule has 3 heterocycles. The molecule has 1 saturated carbocycles. The topological polar surface area (TPSA) is 127 Å². The lowest BCUT2D eigenvalue weighted by atomic mass is 10.0. The van der Waals surface area contributed by atoms with Crippen molar-refractivity contribution in [1.29, 1.82) is 5.26 Å². The number of hydrogen-bond donors (Lipinski definition) is 4. The zero-order chi connectivity index (χ0) is 22.0. The molecule has 2 aromatic heterocycles. The Morgan fingerprint density at radius 2 is 2.16 bits per heavy atom. The van der Waals surface area contributed by atoms with Crippen LogP contribution in [0, 0.1) is 17.2 Å². The van der Waals surface area contributed by atoms with Crippen LogP contribution in [0.15, 0.2) is 40.2 Å². The summed E-state index contributed by atoms with van der Waals surface area (Å²) in [5.74, 6) is 0.839. The van der Waals surface area contributed by atoms with Crippen molar-refractivity contribution < 1.29 is 9.11 Å². The van der Waals surface area contributed by atoms with Crippen LogP contribution < -0.4 is 10.9 Å². The van der Waals surface area contributed by atoms with Crippen molar-refractivity contribution >= 4 is 33.0 Å². The SMILES string of the molecule is CC1(C)Cc2cc(Nc3nn(C(CC#N)C4CC4)c4cc[nH]c(=O)c34)ccc2S1(O)O. The highest BCUT2D eigenvalue weighted by Crippen LogP contribution is 2.66. The van der Waals surface area contributed by atoms with Crippen LogP contribution in [0.4, 0.5) is 11.5 Å². The van der Waals surface area contributed by atoms with E-state index in [1.165, 1.54) is 0 Å². The number of anilines is 2. The Morgan fingerprint density at radius 1 is 1.39 bits per heavy atom. The van der Waals surface area contributed by atoms with Crippen molar-refractivity contribution in [3.8, 4) is 6.07 Å². The van der Waals surface area contributed by atoms with Gasteiger partial charge in [0.2, 0.25) is 0 Å². The molecule has 3 aromatic rings. The van der Waals surface area contributed by atoms with Crippen LogP contribution in [-0.4, -0.2) is 28.6 Å². The van der Waals surface area contributed by atoms with Crippen LogP contribution in [0.5, 0.6) is 0 Å². The summed E-state index contributed by atoms with van der Waals surface area (Å²) in [6.45, 7) is 3.72. The molecule has 162 valence electrons. The molecule has 0 radical (unpaired) electrons. The first-order valence-corrected chi connectivity index (χ1v) is 11.9. The van der Waals surface area contributed by atoms with E-state index in [4.69, 9.17) is 5.10 Å². The Bertz CT molecular complexity index is 1280. The van der Waals surface area contributed by atoms with Crippen LogP contribution in [0.25, 0.3) is 10.9 Å². The van der Waals surface area contributed by atoms with Gasteiger partial charge in [0.15, 0.2) is 5.82 Å². The highest BCUT2D eigenvalue weighted by molar-refractivity contribution is 8.25. The van der Waals surface area contributed by atoms with Gasteiger partial charge in [-0.25, -0.2) is 0 Å². The molecule has 1 fully saturated rings. The Labute approximate surface area is 181 Å². The Hall–Kier alpha value is -2.80. The fraction of sp³-hybridized carbons (Fsp3) is 0.409. The van der Waals surface area contributed by atoms with Gasteiger partial charge in [-0.05, 0) is 68.9 Å². The fourth-order valence-electron chi connectivity index (χ4n) is 4.53. The molecule has 1 unspecified atom stereocenters. The molecule has 4 N–H and O–H groups in total. The molecule has 2 aliphatic rings. The van der Waals surface area contributed by atoms with E-state index in [-0.39, 0.29) is 11.6 Å². The summed E-state index contributed by atoms with van der Waals surface area (Å²) in [6.07, 6.45) is 4.63. The summed E-state index contributed by atoms with van der Waals surface area (Å²) in [5, 5.41) is 17.7. The molecule has 1 atom stereocenters. The van der Waals surface area contributed by atoms with Gasteiger partial charge in [-0.1, -0.05) is 0 Å². The number of rotatable bonds is 5. The maximum absolute atomic E-state index is 12.6. The van der Waals surface area contributed by atoms with Gasteiger partial charge in [-0.3, -0.25) is 18.6 Å². The minimum Gasteiger partial charge on any atom is -0.338 e. The number of H-pyrrole nitrogens is 1. The quantitative estimate of drug-likeness (QED) is 0.453. The van der Waals surface area contributed by atoms with Crippen LogP contribution in [-0.2, 0) is 6.42 Å². The van der Waals surface area contributed by atoms with E-state index >= 15 is 0 Å². The summed E-state index contributed by atoms with van der Waals surface area (Å²) in [5.41, 5.74) is 2.07. The van der Waals surface area contributed by atoms with Crippen LogP contribution >= 0.6 is 10.6 Å². The Balaban J connectivity index is 1.57. The number of nitrogens with zero attached hydrogens (tertiary/aromatic N) is 3. The minimum absolute atomic E-state index is 0.0568. The number of pyridine rings is 1. The fourth-order valence-corrected chi connectivity index (χ4v) is 6.24. The van der Waals surface area contributed by atoms with Gasteiger partial charge in [-0.15, -0.1) is 0 Å². The summed E-state index contributed by atoms with van der Waals surface area (Å²) >= 11 is 0. The first-order valence-electron chi connectivity index (χ1n) is 10.4. The molecular formula is C22H25N5O3S. The standard InChI is InChI=1S/C22H25N5O3S/c1-22(2)12-14-11-15(5-6-18(14)31(22,29)30)25-20-19-17(8-10-24-21(19)28)27(26-20)16(7-9-23)13-3-4-13/h5-6,8,10-11,13,16,29-30H,3-4,7,12H2,1-2H3,(H,24,28)(H,25,26). The highest BCUT2D eigenvalue weighted by Gasteiger charge is 2.43. The number of hydrogen-bond acceptors (Lipinski definition) is 6. The van der Waals surface area contributed by atoms with E-state index in [9.17, 15) is 19.2 Å². The van der Waals surface area contributed by atoms with Crippen molar-refractivity contribution in [3.63, 3.8) is 0 Å². The van der Waals surface area contributed by atoms with Gasteiger partial charge in [0.05, 0.1) is 33.7 Å². The van der Waals surface area contributed by atoms with Gasteiger partial charge < -0.3 is 10.3 Å². The molecule has 1 aliphatic carbocycles. The van der Waals surface area contributed by atoms with E-state index in [1.807, 2.05) is 30.7 Å². The number of fused-ring (bicyclic) bond motifs is 2. The summed E-state index contributed by atoms with van der Waals surface area (Å²) < 4.78 is 22.5. The van der Waals surface area contributed by atoms with Crippen LogP contribution in [0.2, 0.25) is 0 Å². The second-order valence-corrected chi connectivity index (χ2v) is 11.7. The molecule has 0 spiro atoms. The number of aromatic nitrogens is 3. The summed E-state index contributed by atoms with van der Waals surface area (Å²) in [4.78, 5) is 15.9. The number of benzene rings is 1. The predicted molar refractivity (Wildman–Crippen MR) is 121 cm³/mol. The van der Waals surface area contributed by atoms with Gasteiger partial charge >= 0.3 is 0 Å². The number of nitrogens with one attached hydrogen (secondary N) is 2. The number of aromatic amines is 1. The molecule has 0 saturated heterocycles. The third kappa shape index (κ3) is 3.14. The molecule has 8 nitrogen and oxygen atoms in total. The minimum atomic E-state index is -2.86. The van der Waals surface area contributed by atoms with Gasteiger partial charge in [0, 0.05) is 11.9 Å². The molecule has 0 amide bonds. The van der Waals surface area contributed by atoms with E-state index in [1.54, 1.807) is 18.3 Å². The predicted octanol–water partition coefficient (Wildman–Crippen LogP) is 4.78. The van der Waals surface area contributed by atoms with E-state index in [2.05, 4.69) is 16.4 Å². The molecule has 0 bridgehead atoms. The Kier molecular flexibility index (Phi) is 4.45. The number of nitriles is 1. The average Bonchev–Trinajstić information content (AvgIpc) is 3.45. The normalized spacial score (nSPS) is 20.7. The van der Waals surface area contributed by atoms with Crippen molar-refractivity contribution in [2.75, 3.05) is 5.32 Å². The zero-order valence-electron chi connectivity index (χ0n) is 17.4. The largest absolute Gasteiger partial charge is 0.338 e. The third-order valence-corrected chi connectivity index (χ3v) is 9.12. The van der Waals surface area contributed by atoms with Crippen LogP contribution in [0.3, 0.4) is 0 Å². The van der Waals surface area contributed by atoms with Crippen molar-refractivity contribution in [3.05, 3.63) is 46.4 Å².